The van der Waals surface area contributed by atoms with Crippen LogP contribution in [0.4, 0.5) is 0 Å². The number of sulfonamides is 1. The molecular formula is C16H19N3O4S. The Morgan fingerprint density at radius 2 is 1.92 bits per heavy atom. The van der Waals surface area contributed by atoms with Gasteiger partial charge in [-0.3, -0.25) is 4.79 Å². The predicted octanol–water partition coefficient (Wildman–Crippen LogP) is 1.86. The molecule has 0 aliphatic heterocycles. The van der Waals surface area contributed by atoms with E-state index < -0.39 is 10.0 Å². The highest BCUT2D eigenvalue weighted by atomic mass is 32.2. The van der Waals surface area contributed by atoms with Gasteiger partial charge in [0.05, 0.1) is 17.7 Å². The van der Waals surface area contributed by atoms with Crippen LogP contribution < -0.4 is 10.1 Å². The monoisotopic (exact) mass is 349 g/mol. The summed E-state index contributed by atoms with van der Waals surface area (Å²) in [6.07, 6.45) is 1.36. The largest absolute Gasteiger partial charge is 0.459 e. The van der Waals surface area contributed by atoms with Crippen molar-refractivity contribution in [2.45, 2.75) is 25.3 Å². The molecule has 0 radical (unpaired) electrons. The number of benzene rings is 1. The van der Waals surface area contributed by atoms with Crippen molar-refractivity contribution in [3.63, 3.8) is 0 Å². The Labute approximate surface area is 140 Å². The third-order valence-electron chi connectivity index (χ3n) is 3.06. The van der Waals surface area contributed by atoms with Crippen molar-refractivity contribution >= 4 is 22.1 Å². The Morgan fingerprint density at radius 1 is 1.21 bits per heavy atom. The van der Waals surface area contributed by atoms with Crippen molar-refractivity contribution in [1.29, 1.82) is 0 Å². The minimum atomic E-state index is -3.59. The normalized spacial score (nSPS) is 12.0. The zero-order valence-electron chi connectivity index (χ0n) is 13.4. The SMILES string of the molecule is CC(C)C(=O)N/N=C\c1ccc(CNS(=O)(=O)c2ccccc2)o1. The Kier molecular flexibility index (Phi) is 5.88. The van der Waals surface area contributed by atoms with E-state index in [0.717, 1.165) is 0 Å². The molecule has 0 fully saturated rings. The molecule has 1 amide bonds. The first kappa shape index (κ1) is 17.9. The molecule has 0 aliphatic rings. The second-order valence-corrected chi connectivity index (χ2v) is 7.10. The van der Waals surface area contributed by atoms with Crippen LogP contribution in [0.1, 0.15) is 25.4 Å². The van der Waals surface area contributed by atoms with Gasteiger partial charge in [-0.05, 0) is 24.3 Å². The van der Waals surface area contributed by atoms with E-state index >= 15 is 0 Å². The van der Waals surface area contributed by atoms with E-state index in [9.17, 15) is 13.2 Å². The molecule has 1 heterocycles. The molecule has 2 aromatic rings. The molecule has 128 valence electrons. The molecule has 0 unspecified atom stereocenters. The Hall–Kier alpha value is -2.45. The first-order valence-corrected chi connectivity index (χ1v) is 8.83. The van der Waals surface area contributed by atoms with Gasteiger partial charge in [-0.25, -0.2) is 18.6 Å². The van der Waals surface area contributed by atoms with Gasteiger partial charge in [0.25, 0.3) is 0 Å². The van der Waals surface area contributed by atoms with E-state index in [4.69, 9.17) is 4.42 Å². The van der Waals surface area contributed by atoms with Gasteiger partial charge in [-0.1, -0.05) is 32.0 Å². The number of carbonyl (C=O) groups excluding carboxylic acids is 1. The highest BCUT2D eigenvalue weighted by Crippen LogP contribution is 2.10. The summed E-state index contributed by atoms with van der Waals surface area (Å²) >= 11 is 0. The third kappa shape index (κ3) is 5.04. The van der Waals surface area contributed by atoms with Crippen LogP contribution in [-0.4, -0.2) is 20.5 Å². The molecule has 0 aliphatic carbocycles. The van der Waals surface area contributed by atoms with E-state index in [0.29, 0.717) is 11.5 Å². The summed E-state index contributed by atoms with van der Waals surface area (Å²) in [5.74, 6) is 0.481. The lowest BCUT2D eigenvalue weighted by molar-refractivity contribution is -0.123. The summed E-state index contributed by atoms with van der Waals surface area (Å²) in [5, 5.41) is 3.78. The lowest BCUT2D eigenvalue weighted by atomic mass is 10.2. The van der Waals surface area contributed by atoms with Crippen molar-refractivity contribution in [2.24, 2.45) is 11.0 Å². The second kappa shape index (κ2) is 7.89. The van der Waals surface area contributed by atoms with Crippen LogP contribution in [0.2, 0.25) is 0 Å². The fourth-order valence-corrected chi connectivity index (χ4v) is 2.71. The highest BCUT2D eigenvalue weighted by molar-refractivity contribution is 7.89. The van der Waals surface area contributed by atoms with Crippen LogP contribution in [-0.2, 0) is 21.4 Å². The zero-order chi connectivity index (χ0) is 17.6. The Morgan fingerprint density at radius 3 is 2.58 bits per heavy atom. The van der Waals surface area contributed by atoms with Crippen LogP contribution in [0, 0.1) is 5.92 Å². The molecule has 7 nitrogen and oxygen atoms in total. The van der Waals surface area contributed by atoms with E-state index in [1.165, 1.54) is 18.3 Å². The van der Waals surface area contributed by atoms with Crippen LogP contribution in [0.3, 0.4) is 0 Å². The number of hydrogen-bond donors (Lipinski definition) is 2. The van der Waals surface area contributed by atoms with Gasteiger partial charge in [-0.15, -0.1) is 0 Å². The number of nitrogens with one attached hydrogen (secondary N) is 2. The predicted molar refractivity (Wildman–Crippen MR) is 89.8 cm³/mol. The van der Waals surface area contributed by atoms with Crippen molar-refractivity contribution in [2.75, 3.05) is 0 Å². The fraction of sp³-hybridized carbons (Fsp3) is 0.250. The molecular weight excluding hydrogens is 330 g/mol. The Balaban J connectivity index is 1.92. The number of furan rings is 1. The molecule has 24 heavy (non-hydrogen) atoms. The van der Waals surface area contributed by atoms with Gasteiger partial charge in [0.1, 0.15) is 11.5 Å². The molecule has 8 heteroatoms. The highest BCUT2D eigenvalue weighted by Gasteiger charge is 2.13. The van der Waals surface area contributed by atoms with Gasteiger partial charge in [0.15, 0.2) is 0 Å². The number of hydrogen-bond acceptors (Lipinski definition) is 5. The number of carbonyl (C=O) groups is 1. The summed E-state index contributed by atoms with van der Waals surface area (Å²) in [6, 6.07) is 11.4. The molecule has 1 aromatic heterocycles. The number of nitrogens with zero attached hydrogens (tertiary/aromatic N) is 1. The summed E-state index contributed by atoms with van der Waals surface area (Å²) in [6.45, 7) is 3.53. The van der Waals surface area contributed by atoms with Gasteiger partial charge in [-0.2, -0.15) is 5.10 Å². The fourth-order valence-electron chi connectivity index (χ4n) is 1.70. The van der Waals surface area contributed by atoms with Crippen LogP contribution in [0.15, 0.2) is 56.9 Å². The minimum Gasteiger partial charge on any atom is -0.459 e. The quantitative estimate of drug-likeness (QED) is 0.588. The maximum absolute atomic E-state index is 12.1. The van der Waals surface area contributed by atoms with Crippen LogP contribution in [0.5, 0.6) is 0 Å². The lowest BCUT2D eigenvalue weighted by Crippen LogP contribution is -2.23. The molecule has 1 aromatic carbocycles. The minimum absolute atomic E-state index is 0.0173. The molecule has 2 rings (SSSR count). The summed E-state index contributed by atoms with van der Waals surface area (Å²) in [5.41, 5.74) is 2.38. The summed E-state index contributed by atoms with van der Waals surface area (Å²) in [7, 11) is -3.59. The number of amides is 1. The molecule has 2 N–H and O–H groups in total. The second-order valence-electron chi connectivity index (χ2n) is 5.33. The zero-order valence-corrected chi connectivity index (χ0v) is 14.2. The smallest absolute Gasteiger partial charge is 0.242 e. The average Bonchev–Trinajstić information content (AvgIpc) is 3.01. The first-order valence-electron chi connectivity index (χ1n) is 7.35. The maximum atomic E-state index is 12.1. The van der Waals surface area contributed by atoms with Crippen molar-refractivity contribution < 1.29 is 17.6 Å². The van der Waals surface area contributed by atoms with Gasteiger partial charge in [0, 0.05) is 5.92 Å². The Bertz CT molecular complexity index is 811. The molecule has 0 spiro atoms. The van der Waals surface area contributed by atoms with Crippen LogP contribution in [0.25, 0.3) is 0 Å². The number of rotatable bonds is 7. The third-order valence-corrected chi connectivity index (χ3v) is 4.48. The van der Waals surface area contributed by atoms with E-state index in [2.05, 4.69) is 15.2 Å². The average molecular weight is 349 g/mol. The summed E-state index contributed by atoms with van der Waals surface area (Å²) in [4.78, 5) is 11.5. The summed E-state index contributed by atoms with van der Waals surface area (Å²) < 4.78 is 32.1. The van der Waals surface area contributed by atoms with Gasteiger partial charge in [0.2, 0.25) is 15.9 Å². The molecule has 0 bridgehead atoms. The molecule has 0 saturated carbocycles. The molecule has 0 saturated heterocycles. The van der Waals surface area contributed by atoms with Crippen molar-refractivity contribution in [3.05, 3.63) is 54.0 Å². The maximum Gasteiger partial charge on any atom is 0.242 e. The molecule has 0 atom stereocenters. The van der Waals surface area contributed by atoms with Gasteiger partial charge < -0.3 is 4.42 Å². The standard InChI is InChI=1S/C16H19N3O4S/c1-12(2)16(20)19-17-10-13-8-9-14(23-13)11-18-24(21,22)15-6-4-3-5-7-15/h3-10,12,18H,11H2,1-2H3,(H,19,20)/b17-10-. The van der Waals surface area contributed by atoms with E-state index in [1.807, 2.05) is 0 Å². The van der Waals surface area contributed by atoms with Crippen molar-refractivity contribution in [3.8, 4) is 0 Å². The first-order chi connectivity index (χ1) is 11.4. The number of hydrazone groups is 1. The van der Waals surface area contributed by atoms with E-state index in [1.54, 1.807) is 44.2 Å². The van der Waals surface area contributed by atoms with Crippen molar-refractivity contribution in [1.82, 2.24) is 10.1 Å². The topological polar surface area (TPSA) is 101 Å². The lowest BCUT2D eigenvalue weighted by Gasteiger charge is -2.04. The van der Waals surface area contributed by atoms with Crippen LogP contribution >= 0.6 is 0 Å². The van der Waals surface area contributed by atoms with E-state index in [-0.39, 0.29) is 23.3 Å². The van der Waals surface area contributed by atoms with Gasteiger partial charge >= 0.3 is 0 Å².